The molecular formula is C7H15NO. The molecule has 9 heavy (non-hydrogen) atoms. The van der Waals surface area contributed by atoms with E-state index in [4.69, 9.17) is 5.11 Å². The Morgan fingerprint density at radius 3 is 2.78 bits per heavy atom. The zero-order chi connectivity index (χ0) is 6.69. The lowest BCUT2D eigenvalue weighted by molar-refractivity contribution is 0.202. The molecule has 54 valence electrons. The molecule has 1 aliphatic heterocycles. The fourth-order valence-corrected chi connectivity index (χ4v) is 1.38. The molecule has 0 amide bonds. The summed E-state index contributed by atoms with van der Waals surface area (Å²) in [6, 6.07) is 0.977. The van der Waals surface area contributed by atoms with E-state index in [0.29, 0.717) is 18.7 Å². The SMILES string of the molecule is C[C@H]1CCC[C@@H](CO)N1. The van der Waals surface area contributed by atoms with Gasteiger partial charge in [-0.15, -0.1) is 0 Å². The molecule has 1 aliphatic rings. The lowest BCUT2D eigenvalue weighted by atomic mass is 10.0. The summed E-state index contributed by atoms with van der Waals surface area (Å²) in [4.78, 5) is 0. The molecule has 2 heteroatoms. The van der Waals surface area contributed by atoms with Crippen molar-refractivity contribution in [3.8, 4) is 0 Å². The second-order valence-corrected chi connectivity index (χ2v) is 2.88. The largest absolute Gasteiger partial charge is 0.395 e. The molecular weight excluding hydrogens is 114 g/mol. The third kappa shape index (κ3) is 1.95. The van der Waals surface area contributed by atoms with Gasteiger partial charge in [0.05, 0.1) is 6.61 Å². The van der Waals surface area contributed by atoms with Crippen LogP contribution in [0, 0.1) is 0 Å². The van der Waals surface area contributed by atoms with Crippen molar-refractivity contribution in [1.82, 2.24) is 5.32 Å². The molecule has 0 radical (unpaired) electrons. The highest BCUT2D eigenvalue weighted by Gasteiger charge is 2.15. The Morgan fingerprint density at radius 2 is 2.33 bits per heavy atom. The van der Waals surface area contributed by atoms with Crippen molar-refractivity contribution < 1.29 is 5.11 Å². The Kier molecular flexibility index (Phi) is 2.49. The van der Waals surface area contributed by atoms with Crippen molar-refractivity contribution in [2.24, 2.45) is 0 Å². The summed E-state index contributed by atoms with van der Waals surface area (Å²) in [5.41, 5.74) is 0. The van der Waals surface area contributed by atoms with Crippen LogP contribution in [0.5, 0.6) is 0 Å². The van der Waals surface area contributed by atoms with E-state index >= 15 is 0 Å². The molecule has 2 atom stereocenters. The van der Waals surface area contributed by atoms with Crippen LogP contribution in [0.4, 0.5) is 0 Å². The van der Waals surface area contributed by atoms with Crippen molar-refractivity contribution in [2.75, 3.05) is 6.61 Å². The molecule has 1 rings (SSSR count). The van der Waals surface area contributed by atoms with Gasteiger partial charge in [0.2, 0.25) is 0 Å². The number of nitrogens with one attached hydrogen (secondary N) is 1. The fraction of sp³-hybridized carbons (Fsp3) is 1.00. The van der Waals surface area contributed by atoms with Gasteiger partial charge < -0.3 is 10.4 Å². The second-order valence-electron chi connectivity index (χ2n) is 2.88. The number of rotatable bonds is 1. The number of aliphatic hydroxyl groups is 1. The summed E-state index contributed by atoms with van der Waals surface area (Å²) in [6.07, 6.45) is 3.66. The van der Waals surface area contributed by atoms with Crippen LogP contribution >= 0.6 is 0 Å². The van der Waals surface area contributed by atoms with E-state index in [9.17, 15) is 0 Å². The molecule has 0 saturated carbocycles. The molecule has 1 heterocycles. The molecule has 0 spiro atoms. The maximum Gasteiger partial charge on any atom is 0.0584 e. The second kappa shape index (κ2) is 3.18. The van der Waals surface area contributed by atoms with E-state index in [1.54, 1.807) is 0 Å². The standard InChI is InChI=1S/C7H15NO/c1-6-3-2-4-7(5-9)8-6/h6-9H,2-5H2,1H3/t6-,7-/m0/s1. The van der Waals surface area contributed by atoms with E-state index in [2.05, 4.69) is 12.2 Å². The number of hydrogen-bond acceptors (Lipinski definition) is 2. The number of aliphatic hydroxyl groups excluding tert-OH is 1. The topological polar surface area (TPSA) is 32.3 Å². The van der Waals surface area contributed by atoms with Crippen molar-refractivity contribution in [2.45, 2.75) is 38.3 Å². The zero-order valence-electron chi connectivity index (χ0n) is 5.93. The van der Waals surface area contributed by atoms with E-state index in [1.807, 2.05) is 0 Å². The summed E-state index contributed by atoms with van der Waals surface area (Å²) in [5.74, 6) is 0. The van der Waals surface area contributed by atoms with Gasteiger partial charge in [0.25, 0.3) is 0 Å². The summed E-state index contributed by atoms with van der Waals surface area (Å²) in [7, 11) is 0. The molecule has 0 bridgehead atoms. The first-order valence-corrected chi connectivity index (χ1v) is 3.70. The first-order chi connectivity index (χ1) is 4.33. The van der Waals surface area contributed by atoms with Gasteiger partial charge in [-0.25, -0.2) is 0 Å². The maximum atomic E-state index is 8.75. The minimum absolute atomic E-state index is 0.296. The predicted molar refractivity (Wildman–Crippen MR) is 37.3 cm³/mol. The lowest BCUT2D eigenvalue weighted by Crippen LogP contribution is -2.42. The Hall–Kier alpha value is -0.0800. The monoisotopic (exact) mass is 129 g/mol. The highest BCUT2D eigenvalue weighted by molar-refractivity contribution is 4.76. The highest BCUT2D eigenvalue weighted by Crippen LogP contribution is 2.10. The summed E-state index contributed by atoms with van der Waals surface area (Å²) in [6.45, 7) is 2.46. The molecule has 1 saturated heterocycles. The molecule has 2 nitrogen and oxygen atoms in total. The maximum absolute atomic E-state index is 8.75. The van der Waals surface area contributed by atoms with Gasteiger partial charge in [-0.05, 0) is 19.8 Å². The van der Waals surface area contributed by atoms with Crippen LogP contribution in [-0.2, 0) is 0 Å². The van der Waals surface area contributed by atoms with Crippen molar-refractivity contribution in [3.63, 3.8) is 0 Å². The van der Waals surface area contributed by atoms with Gasteiger partial charge in [-0.2, -0.15) is 0 Å². The Bertz CT molecular complexity index is 85.0. The highest BCUT2D eigenvalue weighted by atomic mass is 16.3. The average Bonchev–Trinajstić information content (AvgIpc) is 1.88. The first kappa shape index (κ1) is 7.03. The van der Waals surface area contributed by atoms with Gasteiger partial charge in [0.15, 0.2) is 0 Å². The molecule has 0 aromatic rings. The normalized spacial score (nSPS) is 36.7. The molecule has 1 fully saturated rings. The van der Waals surface area contributed by atoms with Crippen LogP contribution in [0.3, 0.4) is 0 Å². The zero-order valence-corrected chi connectivity index (χ0v) is 5.93. The van der Waals surface area contributed by atoms with Crippen molar-refractivity contribution in [1.29, 1.82) is 0 Å². The molecule has 0 aliphatic carbocycles. The molecule has 0 aromatic heterocycles. The van der Waals surface area contributed by atoms with E-state index < -0.39 is 0 Å². The minimum atomic E-state index is 0.296. The van der Waals surface area contributed by atoms with Gasteiger partial charge in [0, 0.05) is 12.1 Å². The van der Waals surface area contributed by atoms with Gasteiger partial charge in [-0.3, -0.25) is 0 Å². The lowest BCUT2D eigenvalue weighted by Gasteiger charge is -2.26. The van der Waals surface area contributed by atoms with Crippen LogP contribution < -0.4 is 5.32 Å². The van der Waals surface area contributed by atoms with Crippen molar-refractivity contribution >= 4 is 0 Å². The number of hydrogen-bond donors (Lipinski definition) is 2. The Labute approximate surface area is 56.3 Å². The van der Waals surface area contributed by atoms with Gasteiger partial charge >= 0.3 is 0 Å². The van der Waals surface area contributed by atoms with Crippen LogP contribution in [0.1, 0.15) is 26.2 Å². The summed E-state index contributed by atoms with van der Waals surface area (Å²) >= 11 is 0. The smallest absolute Gasteiger partial charge is 0.0584 e. The summed E-state index contributed by atoms with van der Waals surface area (Å²) in [5, 5.41) is 12.1. The van der Waals surface area contributed by atoms with Crippen LogP contribution in [0.2, 0.25) is 0 Å². The minimum Gasteiger partial charge on any atom is -0.395 e. The predicted octanol–water partition coefficient (Wildman–Crippen LogP) is 0.509. The molecule has 0 aromatic carbocycles. The molecule has 2 N–H and O–H groups in total. The Morgan fingerprint density at radius 1 is 1.56 bits per heavy atom. The van der Waals surface area contributed by atoms with Gasteiger partial charge in [0.1, 0.15) is 0 Å². The van der Waals surface area contributed by atoms with Crippen LogP contribution in [0.25, 0.3) is 0 Å². The van der Waals surface area contributed by atoms with E-state index in [0.717, 1.165) is 6.42 Å². The Balaban J connectivity index is 2.23. The average molecular weight is 129 g/mol. The fourth-order valence-electron chi connectivity index (χ4n) is 1.38. The third-order valence-electron chi connectivity index (χ3n) is 1.93. The van der Waals surface area contributed by atoms with Crippen LogP contribution in [-0.4, -0.2) is 23.8 Å². The quantitative estimate of drug-likeness (QED) is 0.540. The van der Waals surface area contributed by atoms with E-state index in [1.165, 1.54) is 12.8 Å². The molecule has 0 unspecified atom stereocenters. The number of piperidine rings is 1. The first-order valence-electron chi connectivity index (χ1n) is 3.70. The van der Waals surface area contributed by atoms with Crippen molar-refractivity contribution in [3.05, 3.63) is 0 Å². The van der Waals surface area contributed by atoms with Gasteiger partial charge in [-0.1, -0.05) is 6.42 Å². The third-order valence-corrected chi connectivity index (χ3v) is 1.93. The summed E-state index contributed by atoms with van der Waals surface area (Å²) < 4.78 is 0. The van der Waals surface area contributed by atoms with Crippen LogP contribution in [0.15, 0.2) is 0 Å². The van der Waals surface area contributed by atoms with E-state index in [-0.39, 0.29) is 0 Å².